The van der Waals surface area contributed by atoms with Crippen molar-refractivity contribution in [1.29, 1.82) is 0 Å². The van der Waals surface area contributed by atoms with Gasteiger partial charge >= 0.3 is 0 Å². The number of aliphatic hydroxyl groups is 4. The van der Waals surface area contributed by atoms with Crippen molar-refractivity contribution in [2.75, 3.05) is 19.7 Å². The number of piperidine rings is 1. The first-order valence-corrected chi connectivity index (χ1v) is 7.24. The van der Waals surface area contributed by atoms with Crippen molar-refractivity contribution < 1.29 is 20.4 Å². The predicted octanol–water partition coefficient (Wildman–Crippen LogP) is -1.36. The van der Waals surface area contributed by atoms with Crippen LogP contribution in [0.15, 0.2) is 4.99 Å². The molecule has 0 bridgehead atoms. The van der Waals surface area contributed by atoms with Gasteiger partial charge in [0.25, 0.3) is 0 Å². The second-order valence-corrected chi connectivity index (χ2v) is 5.25. The molecule has 4 atom stereocenters. The summed E-state index contributed by atoms with van der Waals surface area (Å²) in [5, 5.41) is 38.4. The summed E-state index contributed by atoms with van der Waals surface area (Å²) >= 11 is 0. The fourth-order valence-corrected chi connectivity index (χ4v) is 2.38. The number of hydrogen-bond acceptors (Lipinski definition) is 5. The molecular weight excluding hydrogens is 262 g/mol. The van der Waals surface area contributed by atoms with Crippen molar-refractivity contribution in [3.63, 3.8) is 0 Å². The highest BCUT2D eigenvalue weighted by atomic mass is 16.4. The highest BCUT2D eigenvalue weighted by Crippen LogP contribution is 2.18. The van der Waals surface area contributed by atoms with E-state index in [9.17, 15) is 20.4 Å². The molecule has 1 aliphatic rings. The minimum Gasteiger partial charge on any atom is -0.394 e. The van der Waals surface area contributed by atoms with Crippen LogP contribution in [0, 0.1) is 0 Å². The normalized spacial score (nSPS) is 31.6. The highest BCUT2D eigenvalue weighted by molar-refractivity contribution is 5.78. The third-order valence-electron chi connectivity index (χ3n) is 3.69. The van der Waals surface area contributed by atoms with Crippen LogP contribution >= 0.6 is 0 Å². The largest absolute Gasteiger partial charge is 0.394 e. The minimum atomic E-state index is -1.28. The molecule has 0 aliphatic carbocycles. The van der Waals surface area contributed by atoms with Crippen LogP contribution in [-0.4, -0.2) is 75.3 Å². The lowest BCUT2D eigenvalue weighted by Gasteiger charge is -2.43. The first kappa shape index (κ1) is 17.2. The van der Waals surface area contributed by atoms with Crippen molar-refractivity contribution in [3.05, 3.63) is 0 Å². The average molecular weight is 289 g/mol. The molecule has 1 heterocycles. The number of unbranched alkanes of at least 4 members (excludes halogenated alkanes) is 3. The number of aliphatic imine (C=N–C) groups is 1. The van der Waals surface area contributed by atoms with Gasteiger partial charge in [0.15, 0.2) is 5.96 Å². The minimum absolute atomic E-state index is 0.0494. The van der Waals surface area contributed by atoms with E-state index in [2.05, 4.69) is 11.9 Å². The third kappa shape index (κ3) is 4.31. The summed E-state index contributed by atoms with van der Waals surface area (Å²) in [6, 6.07) is -0.743. The van der Waals surface area contributed by atoms with E-state index >= 15 is 0 Å². The third-order valence-corrected chi connectivity index (χ3v) is 3.69. The van der Waals surface area contributed by atoms with E-state index in [1.807, 2.05) is 0 Å². The van der Waals surface area contributed by atoms with Crippen LogP contribution in [0.1, 0.15) is 32.6 Å². The van der Waals surface area contributed by atoms with Gasteiger partial charge in [-0.25, -0.2) is 0 Å². The maximum Gasteiger partial charge on any atom is 0.191 e. The van der Waals surface area contributed by atoms with Gasteiger partial charge in [-0.15, -0.1) is 0 Å². The Labute approximate surface area is 119 Å². The zero-order valence-corrected chi connectivity index (χ0v) is 12.0. The van der Waals surface area contributed by atoms with E-state index in [1.54, 1.807) is 0 Å². The molecular formula is C13H27N3O4. The summed E-state index contributed by atoms with van der Waals surface area (Å²) in [6.07, 6.45) is 0.677. The molecule has 0 aromatic heterocycles. The Morgan fingerprint density at radius 3 is 2.50 bits per heavy atom. The zero-order valence-electron chi connectivity index (χ0n) is 12.0. The molecule has 7 heteroatoms. The van der Waals surface area contributed by atoms with Crippen LogP contribution in [0.5, 0.6) is 0 Å². The van der Waals surface area contributed by atoms with Gasteiger partial charge in [0.05, 0.1) is 12.6 Å². The van der Waals surface area contributed by atoms with Gasteiger partial charge in [0, 0.05) is 13.1 Å². The van der Waals surface area contributed by atoms with Gasteiger partial charge in [0.2, 0.25) is 0 Å². The molecule has 0 amide bonds. The Morgan fingerprint density at radius 2 is 1.90 bits per heavy atom. The van der Waals surface area contributed by atoms with E-state index < -0.39 is 24.4 Å². The summed E-state index contributed by atoms with van der Waals surface area (Å²) in [4.78, 5) is 5.68. The molecule has 6 N–H and O–H groups in total. The number of β-amino-alcohol motifs (C(OH)–C–C–N with tert-alkyl or cyclic N) is 1. The van der Waals surface area contributed by atoms with Gasteiger partial charge in [-0.3, -0.25) is 4.99 Å². The van der Waals surface area contributed by atoms with E-state index in [1.165, 1.54) is 4.90 Å². The summed E-state index contributed by atoms with van der Waals surface area (Å²) < 4.78 is 0. The summed E-state index contributed by atoms with van der Waals surface area (Å²) in [5.41, 5.74) is 5.86. The quantitative estimate of drug-likeness (QED) is 0.234. The van der Waals surface area contributed by atoms with Crippen molar-refractivity contribution in [1.82, 2.24) is 4.90 Å². The maximum absolute atomic E-state index is 9.85. The number of nitrogens with two attached hydrogens (primary N) is 1. The van der Waals surface area contributed by atoms with Crippen molar-refractivity contribution in [2.24, 2.45) is 10.7 Å². The predicted molar refractivity (Wildman–Crippen MR) is 76.2 cm³/mol. The maximum atomic E-state index is 9.85. The monoisotopic (exact) mass is 289 g/mol. The number of guanidine groups is 1. The standard InChI is InChI=1S/C13H27N3O4/c1-2-3-4-5-6-15-13(14)16-7-10(18)12(20)11(19)9(16)8-17/h9-12,17-20H,2-8H2,1H3,(H2,14,15)/t9-,10+,11+,12-/m1/s1. The Bertz CT molecular complexity index is 314. The topological polar surface area (TPSA) is 123 Å². The number of aliphatic hydroxyl groups excluding tert-OH is 4. The summed E-state index contributed by atoms with van der Waals surface area (Å²) in [5.74, 6) is 0.186. The van der Waals surface area contributed by atoms with Crippen LogP contribution in [0.4, 0.5) is 0 Å². The molecule has 0 saturated carbocycles. The fraction of sp³-hybridized carbons (Fsp3) is 0.923. The van der Waals surface area contributed by atoms with Crippen LogP contribution in [0.2, 0.25) is 0 Å². The molecule has 20 heavy (non-hydrogen) atoms. The molecule has 1 saturated heterocycles. The highest BCUT2D eigenvalue weighted by Gasteiger charge is 2.41. The summed E-state index contributed by atoms with van der Waals surface area (Å²) in [7, 11) is 0. The first-order valence-electron chi connectivity index (χ1n) is 7.24. The molecule has 0 radical (unpaired) electrons. The lowest BCUT2D eigenvalue weighted by atomic mass is 9.94. The van der Waals surface area contributed by atoms with E-state index in [4.69, 9.17) is 5.73 Å². The molecule has 7 nitrogen and oxygen atoms in total. The average Bonchev–Trinajstić information content (AvgIpc) is 2.44. The van der Waals surface area contributed by atoms with Crippen LogP contribution in [0.25, 0.3) is 0 Å². The van der Waals surface area contributed by atoms with E-state index in [-0.39, 0.29) is 19.1 Å². The van der Waals surface area contributed by atoms with Crippen molar-refractivity contribution in [2.45, 2.75) is 57.0 Å². The zero-order chi connectivity index (χ0) is 15.1. The fourth-order valence-electron chi connectivity index (χ4n) is 2.38. The van der Waals surface area contributed by atoms with E-state index in [0.29, 0.717) is 6.54 Å². The number of likely N-dealkylation sites (tertiary alicyclic amines) is 1. The number of hydrogen-bond donors (Lipinski definition) is 5. The molecule has 1 aliphatic heterocycles. The van der Waals surface area contributed by atoms with Gasteiger partial charge < -0.3 is 31.1 Å². The molecule has 0 spiro atoms. The smallest absolute Gasteiger partial charge is 0.191 e. The first-order chi connectivity index (χ1) is 9.52. The van der Waals surface area contributed by atoms with Crippen LogP contribution in [-0.2, 0) is 0 Å². The second-order valence-electron chi connectivity index (χ2n) is 5.25. The Hall–Kier alpha value is -0.890. The van der Waals surface area contributed by atoms with E-state index in [0.717, 1.165) is 25.7 Å². The Kier molecular flexibility index (Phi) is 7.22. The SMILES string of the molecule is CCCCCCN=C(N)N1C[C@H](O)[C@@H](O)[C@@H](O)[C@H]1CO. The van der Waals surface area contributed by atoms with Gasteiger partial charge in [-0.05, 0) is 6.42 Å². The van der Waals surface area contributed by atoms with Gasteiger partial charge in [0.1, 0.15) is 18.3 Å². The number of rotatable bonds is 6. The van der Waals surface area contributed by atoms with Crippen LogP contribution in [0.3, 0.4) is 0 Å². The van der Waals surface area contributed by atoms with Crippen LogP contribution < -0.4 is 5.73 Å². The van der Waals surface area contributed by atoms with Crippen molar-refractivity contribution >= 4 is 5.96 Å². The second kappa shape index (κ2) is 8.41. The molecule has 0 aromatic rings. The van der Waals surface area contributed by atoms with Gasteiger partial charge in [-0.1, -0.05) is 26.2 Å². The molecule has 0 aromatic carbocycles. The summed E-state index contributed by atoms with van der Waals surface area (Å²) in [6.45, 7) is 2.39. The van der Waals surface area contributed by atoms with Gasteiger partial charge in [-0.2, -0.15) is 0 Å². The molecule has 118 valence electrons. The lowest BCUT2D eigenvalue weighted by molar-refractivity contribution is -0.128. The molecule has 1 rings (SSSR count). The Balaban J connectivity index is 2.59. The lowest BCUT2D eigenvalue weighted by Crippen LogP contribution is -2.65. The number of nitrogens with zero attached hydrogens (tertiary/aromatic N) is 2. The van der Waals surface area contributed by atoms with Crippen molar-refractivity contribution in [3.8, 4) is 0 Å². The molecule has 1 fully saturated rings. The Morgan fingerprint density at radius 1 is 1.20 bits per heavy atom. The molecule has 0 unspecified atom stereocenters.